The molecule has 0 saturated carbocycles. The van der Waals surface area contributed by atoms with Crippen LogP contribution in [0.2, 0.25) is 0 Å². The molecule has 0 spiro atoms. The standard InChI is InChI=1S/C21H22N2O6/c1-28-20(25)16-9-5-10-17(13-16)23(27)19(24)18-11-6-12-22(18)21(26)29-14-15-7-3-2-4-8-15/h2-5,7-10,13,18,27H,6,11-12,14H2,1H3. The van der Waals surface area contributed by atoms with Crippen LogP contribution >= 0.6 is 0 Å². The van der Waals surface area contributed by atoms with Crippen molar-refractivity contribution in [3.8, 4) is 0 Å². The second-order valence-corrected chi connectivity index (χ2v) is 6.58. The van der Waals surface area contributed by atoms with Crippen molar-refractivity contribution in [2.45, 2.75) is 25.5 Å². The van der Waals surface area contributed by atoms with Gasteiger partial charge in [-0.15, -0.1) is 0 Å². The molecule has 0 aliphatic carbocycles. The normalized spacial score (nSPS) is 15.7. The zero-order chi connectivity index (χ0) is 20.8. The maximum Gasteiger partial charge on any atom is 0.410 e. The van der Waals surface area contributed by atoms with E-state index in [1.165, 1.54) is 36.3 Å². The molecule has 3 rings (SSSR count). The van der Waals surface area contributed by atoms with E-state index >= 15 is 0 Å². The first-order chi connectivity index (χ1) is 14.0. The molecule has 2 amide bonds. The summed E-state index contributed by atoms with van der Waals surface area (Å²) in [6.07, 6.45) is 0.418. The average molecular weight is 398 g/mol. The molecular formula is C21H22N2O6. The number of amides is 2. The zero-order valence-corrected chi connectivity index (χ0v) is 16.0. The number of anilines is 1. The summed E-state index contributed by atoms with van der Waals surface area (Å²) < 4.78 is 9.97. The van der Waals surface area contributed by atoms with Gasteiger partial charge in [0, 0.05) is 6.54 Å². The van der Waals surface area contributed by atoms with Gasteiger partial charge < -0.3 is 9.47 Å². The molecule has 1 saturated heterocycles. The molecule has 1 atom stereocenters. The summed E-state index contributed by atoms with van der Waals surface area (Å²) in [5.41, 5.74) is 1.15. The second-order valence-electron chi connectivity index (χ2n) is 6.58. The number of likely N-dealkylation sites (tertiary alicyclic amines) is 1. The fraction of sp³-hybridized carbons (Fsp3) is 0.286. The predicted molar refractivity (Wildman–Crippen MR) is 103 cm³/mol. The molecule has 1 N–H and O–H groups in total. The lowest BCUT2D eigenvalue weighted by Gasteiger charge is -2.26. The first-order valence-corrected chi connectivity index (χ1v) is 9.20. The van der Waals surface area contributed by atoms with Gasteiger partial charge in [-0.3, -0.25) is 14.9 Å². The van der Waals surface area contributed by atoms with Crippen LogP contribution in [-0.4, -0.2) is 47.8 Å². The summed E-state index contributed by atoms with van der Waals surface area (Å²) in [7, 11) is 1.24. The third kappa shape index (κ3) is 4.72. The number of methoxy groups -OCH3 is 1. The SMILES string of the molecule is COC(=O)c1cccc(N(O)C(=O)C2CCCN2C(=O)OCc2ccccc2)c1. The molecule has 2 aromatic carbocycles. The van der Waals surface area contributed by atoms with E-state index in [0.29, 0.717) is 24.4 Å². The lowest BCUT2D eigenvalue weighted by Crippen LogP contribution is -2.47. The van der Waals surface area contributed by atoms with Gasteiger partial charge in [0.15, 0.2) is 0 Å². The van der Waals surface area contributed by atoms with Crippen molar-refractivity contribution in [2.24, 2.45) is 0 Å². The summed E-state index contributed by atoms with van der Waals surface area (Å²) in [5.74, 6) is -1.25. The summed E-state index contributed by atoms with van der Waals surface area (Å²) in [5, 5.41) is 10.8. The molecule has 8 nitrogen and oxygen atoms in total. The van der Waals surface area contributed by atoms with E-state index in [1.807, 2.05) is 30.3 Å². The number of carbonyl (C=O) groups is 3. The molecule has 0 radical (unpaired) electrons. The first kappa shape index (κ1) is 20.3. The summed E-state index contributed by atoms with van der Waals surface area (Å²) >= 11 is 0. The molecule has 1 aliphatic rings. The number of hydrogen-bond acceptors (Lipinski definition) is 6. The van der Waals surface area contributed by atoms with Crippen LogP contribution in [0.3, 0.4) is 0 Å². The number of hydroxylamine groups is 1. The Morgan fingerprint density at radius 3 is 2.62 bits per heavy atom. The monoisotopic (exact) mass is 398 g/mol. The van der Waals surface area contributed by atoms with E-state index in [0.717, 1.165) is 5.56 Å². The minimum atomic E-state index is -0.843. The molecule has 8 heteroatoms. The second kappa shape index (κ2) is 9.20. The highest BCUT2D eigenvalue weighted by Crippen LogP contribution is 2.24. The van der Waals surface area contributed by atoms with Gasteiger partial charge in [-0.2, -0.15) is 5.06 Å². The first-order valence-electron chi connectivity index (χ1n) is 9.20. The Kier molecular flexibility index (Phi) is 6.46. The number of hydrogen-bond donors (Lipinski definition) is 1. The Morgan fingerprint density at radius 2 is 1.90 bits per heavy atom. The van der Waals surface area contributed by atoms with Crippen LogP contribution in [0.15, 0.2) is 54.6 Å². The predicted octanol–water partition coefficient (Wildman–Crippen LogP) is 3.00. The van der Waals surface area contributed by atoms with Crippen LogP contribution < -0.4 is 5.06 Å². The molecule has 1 unspecified atom stereocenters. The number of esters is 1. The Balaban J connectivity index is 1.67. The van der Waals surface area contributed by atoms with E-state index in [2.05, 4.69) is 4.74 Å². The lowest BCUT2D eigenvalue weighted by molar-refractivity contribution is -0.127. The van der Waals surface area contributed by atoms with Crippen LogP contribution in [0.4, 0.5) is 10.5 Å². The van der Waals surface area contributed by atoms with E-state index in [-0.39, 0.29) is 17.9 Å². The zero-order valence-electron chi connectivity index (χ0n) is 16.0. The minimum absolute atomic E-state index is 0.0983. The van der Waals surface area contributed by atoms with Gasteiger partial charge in [0.1, 0.15) is 12.6 Å². The highest BCUT2D eigenvalue weighted by atomic mass is 16.6. The van der Waals surface area contributed by atoms with E-state index in [1.54, 1.807) is 0 Å². The summed E-state index contributed by atoms with van der Waals surface area (Å²) in [6.45, 7) is 0.459. The highest BCUT2D eigenvalue weighted by molar-refractivity contribution is 5.98. The molecular weight excluding hydrogens is 376 g/mol. The van der Waals surface area contributed by atoms with Crippen molar-refractivity contribution in [2.75, 3.05) is 18.7 Å². The molecule has 1 aliphatic heterocycles. The average Bonchev–Trinajstić information content (AvgIpc) is 3.26. The van der Waals surface area contributed by atoms with Gasteiger partial charge in [-0.05, 0) is 36.6 Å². The van der Waals surface area contributed by atoms with Crippen molar-refractivity contribution in [3.63, 3.8) is 0 Å². The third-order valence-electron chi connectivity index (χ3n) is 4.70. The van der Waals surface area contributed by atoms with Crippen molar-refractivity contribution in [1.29, 1.82) is 0 Å². The molecule has 1 fully saturated rings. The van der Waals surface area contributed by atoms with E-state index in [4.69, 9.17) is 4.74 Å². The fourth-order valence-corrected chi connectivity index (χ4v) is 3.20. The van der Waals surface area contributed by atoms with Crippen LogP contribution in [-0.2, 0) is 20.9 Å². The van der Waals surface area contributed by atoms with E-state index in [9.17, 15) is 19.6 Å². The largest absolute Gasteiger partial charge is 0.465 e. The fourth-order valence-electron chi connectivity index (χ4n) is 3.20. The van der Waals surface area contributed by atoms with Crippen LogP contribution in [0.25, 0.3) is 0 Å². The number of nitrogens with zero attached hydrogens (tertiary/aromatic N) is 2. The van der Waals surface area contributed by atoms with Crippen LogP contribution in [0.1, 0.15) is 28.8 Å². The number of rotatable bonds is 5. The van der Waals surface area contributed by atoms with Crippen molar-refractivity contribution in [1.82, 2.24) is 4.90 Å². The Labute approximate surface area is 168 Å². The van der Waals surface area contributed by atoms with Gasteiger partial charge in [-0.25, -0.2) is 9.59 Å². The maximum absolute atomic E-state index is 12.8. The smallest absolute Gasteiger partial charge is 0.410 e. The maximum atomic E-state index is 12.8. The van der Waals surface area contributed by atoms with Crippen molar-refractivity contribution in [3.05, 3.63) is 65.7 Å². The Hall–Kier alpha value is -3.39. The van der Waals surface area contributed by atoms with E-state index < -0.39 is 24.0 Å². The third-order valence-corrected chi connectivity index (χ3v) is 4.70. The summed E-state index contributed by atoms with van der Waals surface area (Å²) in [6, 6.07) is 14.3. The molecule has 1 heterocycles. The number of carbonyl (C=O) groups excluding carboxylic acids is 3. The van der Waals surface area contributed by atoms with Gasteiger partial charge in [0.05, 0.1) is 18.4 Å². The molecule has 0 bridgehead atoms. The van der Waals surface area contributed by atoms with Crippen LogP contribution in [0.5, 0.6) is 0 Å². The quantitative estimate of drug-likeness (QED) is 0.473. The van der Waals surface area contributed by atoms with Crippen LogP contribution in [0, 0.1) is 0 Å². The molecule has 0 aromatic heterocycles. The Bertz CT molecular complexity index is 886. The van der Waals surface area contributed by atoms with Gasteiger partial charge >= 0.3 is 12.1 Å². The molecule has 29 heavy (non-hydrogen) atoms. The minimum Gasteiger partial charge on any atom is -0.465 e. The van der Waals surface area contributed by atoms with Gasteiger partial charge in [0.2, 0.25) is 0 Å². The molecule has 2 aromatic rings. The molecule has 152 valence electrons. The van der Waals surface area contributed by atoms with Crippen molar-refractivity contribution >= 4 is 23.7 Å². The number of ether oxygens (including phenoxy) is 2. The topological polar surface area (TPSA) is 96.4 Å². The van der Waals surface area contributed by atoms with Gasteiger partial charge in [-0.1, -0.05) is 36.4 Å². The van der Waals surface area contributed by atoms with Crippen molar-refractivity contribution < 1.29 is 29.1 Å². The number of benzene rings is 2. The highest BCUT2D eigenvalue weighted by Gasteiger charge is 2.38. The van der Waals surface area contributed by atoms with Gasteiger partial charge in [0.25, 0.3) is 5.91 Å². The lowest BCUT2D eigenvalue weighted by atomic mass is 10.1. The summed E-state index contributed by atoms with van der Waals surface area (Å²) in [4.78, 5) is 38.2. The Morgan fingerprint density at radius 1 is 1.14 bits per heavy atom.